The zero-order valence-electron chi connectivity index (χ0n) is 8.92. The molecular weight excluding hydrogens is 224 g/mol. The maximum Gasteiger partial charge on any atom is 0.290 e. The average Bonchev–Trinajstić information content (AvgIpc) is 2.34. The monoisotopic (exact) mass is 234 g/mol. The summed E-state index contributed by atoms with van der Waals surface area (Å²) in [4.78, 5) is 10.0. The first-order valence-electron chi connectivity index (χ1n) is 4.68. The lowest BCUT2D eigenvalue weighted by molar-refractivity contribution is -0.385. The van der Waals surface area contributed by atoms with E-state index in [0.717, 1.165) is 0 Å². The van der Waals surface area contributed by atoms with Gasteiger partial charge in [-0.3, -0.25) is 10.1 Å². The molecule has 1 aromatic rings. The third-order valence-corrected chi connectivity index (χ3v) is 1.97. The van der Waals surface area contributed by atoms with Crippen LogP contribution in [0.15, 0.2) is 30.4 Å². The highest BCUT2D eigenvalue weighted by Gasteiger charge is 2.18. The third-order valence-electron chi connectivity index (χ3n) is 1.97. The Bertz CT molecular complexity index is 491. The van der Waals surface area contributed by atoms with Crippen molar-refractivity contribution in [2.24, 2.45) is 0 Å². The summed E-state index contributed by atoms with van der Waals surface area (Å²) in [5.74, 6) is 0.108. The van der Waals surface area contributed by atoms with Crippen LogP contribution >= 0.6 is 0 Å². The number of hydrogen-bond donors (Lipinski definition) is 1. The Kier molecular flexibility index (Phi) is 4.20. The van der Waals surface area contributed by atoms with E-state index in [-0.39, 0.29) is 30.2 Å². The minimum Gasteiger partial charge on any atom is -0.488 e. The van der Waals surface area contributed by atoms with E-state index in [1.165, 1.54) is 18.2 Å². The van der Waals surface area contributed by atoms with Gasteiger partial charge >= 0.3 is 0 Å². The fourth-order valence-electron chi connectivity index (χ4n) is 1.13. The predicted octanol–water partition coefficient (Wildman–Crippen LogP) is 1.39. The van der Waals surface area contributed by atoms with Crippen LogP contribution in [0.3, 0.4) is 0 Å². The highest BCUT2D eigenvalue weighted by molar-refractivity contribution is 5.56. The number of nitrogens with zero attached hydrogens (tertiary/aromatic N) is 2. The summed E-state index contributed by atoms with van der Waals surface area (Å²) in [5.41, 5.74) is -0.0248. The number of nitriles is 1. The Balaban J connectivity index is 3.01. The summed E-state index contributed by atoms with van der Waals surface area (Å²) in [6.07, 6.45) is 0. The molecule has 0 unspecified atom stereocenters. The van der Waals surface area contributed by atoms with E-state index in [1.54, 1.807) is 6.07 Å². The highest BCUT2D eigenvalue weighted by Crippen LogP contribution is 2.27. The molecule has 0 atom stereocenters. The van der Waals surface area contributed by atoms with Gasteiger partial charge in [0.1, 0.15) is 18.4 Å². The Labute approximate surface area is 97.5 Å². The van der Waals surface area contributed by atoms with Crippen molar-refractivity contribution in [3.8, 4) is 11.8 Å². The normalized spacial score (nSPS) is 9.41. The van der Waals surface area contributed by atoms with Crippen molar-refractivity contribution in [2.45, 2.75) is 0 Å². The van der Waals surface area contributed by atoms with E-state index < -0.39 is 4.92 Å². The predicted molar refractivity (Wildman–Crippen MR) is 59.5 cm³/mol. The number of rotatable bonds is 5. The van der Waals surface area contributed by atoms with Gasteiger partial charge in [-0.2, -0.15) is 5.26 Å². The van der Waals surface area contributed by atoms with Gasteiger partial charge in [0.25, 0.3) is 5.69 Å². The molecule has 0 bridgehead atoms. The first-order chi connectivity index (χ1) is 8.10. The fourth-order valence-corrected chi connectivity index (χ4v) is 1.13. The molecule has 0 radical (unpaired) electrons. The van der Waals surface area contributed by atoms with E-state index in [2.05, 4.69) is 6.58 Å². The molecule has 0 saturated carbocycles. The van der Waals surface area contributed by atoms with Crippen LogP contribution in [0.4, 0.5) is 5.69 Å². The fraction of sp³-hybridized carbons (Fsp3) is 0.182. The molecule has 0 heterocycles. The molecule has 0 fully saturated rings. The van der Waals surface area contributed by atoms with Crippen molar-refractivity contribution in [2.75, 3.05) is 13.2 Å². The van der Waals surface area contributed by atoms with Crippen molar-refractivity contribution >= 4 is 5.69 Å². The second kappa shape index (κ2) is 5.63. The molecule has 0 aliphatic carbocycles. The van der Waals surface area contributed by atoms with Gasteiger partial charge in [0, 0.05) is 6.07 Å². The molecule has 1 N–H and O–H groups in total. The Morgan fingerprint density at radius 3 is 2.88 bits per heavy atom. The number of benzene rings is 1. The van der Waals surface area contributed by atoms with Gasteiger partial charge in [0.05, 0.1) is 11.5 Å². The number of nitro benzene ring substituents is 1. The molecule has 0 aromatic heterocycles. The van der Waals surface area contributed by atoms with E-state index in [4.69, 9.17) is 15.1 Å². The summed E-state index contributed by atoms with van der Waals surface area (Å²) < 4.78 is 5.19. The number of aliphatic hydroxyl groups is 1. The zero-order valence-corrected chi connectivity index (χ0v) is 8.92. The van der Waals surface area contributed by atoms with Crippen LogP contribution in [0, 0.1) is 21.4 Å². The lowest BCUT2D eigenvalue weighted by Gasteiger charge is -2.08. The Morgan fingerprint density at radius 1 is 1.65 bits per heavy atom. The minimum atomic E-state index is -0.647. The largest absolute Gasteiger partial charge is 0.488 e. The average molecular weight is 234 g/mol. The molecule has 0 saturated heterocycles. The summed E-state index contributed by atoms with van der Waals surface area (Å²) in [7, 11) is 0. The van der Waals surface area contributed by atoms with Crippen molar-refractivity contribution in [1.82, 2.24) is 0 Å². The second-order valence-electron chi connectivity index (χ2n) is 3.22. The molecule has 1 aromatic carbocycles. The summed E-state index contributed by atoms with van der Waals surface area (Å²) in [6, 6.07) is 5.84. The number of aliphatic hydroxyl groups excluding tert-OH is 1. The zero-order chi connectivity index (χ0) is 12.8. The van der Waals surface area contributed by atoms with Crippen LogP contribution in [0.1, 0.15) is 5.56 Å². The number of hydrogen-bond acceptors (Lipinski definition) is 5. The summed E-state index contributed by atoms with van der Waals surface area (Å²) in [6.45, 7) is 3.28. The highest BCUT2D eigenvalue weighted by atomic mass is 16.6. The smallest absolute Gasteiger partial charge is 0.290 e. The molecule has 0 aliphatic heterocycles. The molecule has 6 heteroatoms. The van der Waals surface area contributed by atoms with Gasteiger partial charge in [-0.1, -0.05) is 12.6 Å². The van der Waals surface area contributed by atoms with Gasteiger partial charge in [0.15, 0.2) is 5.56 Å². The van der Waals surface area contributed by atoms with E-state index in [9.17, 15) is 10.1 Å². The topological polar surface area (TPSA) is 96.4 Å². The standard InChI is InChI=1S/C11H10N2O4/c1-8(6-14)7-17-11-4-2-3-10(13(15)16)9(11)5-12/h2-4,14H,1,6-7H2. The lowest BCUT2D eigenvalue weighted by Crippen LogP contribution is -2.05. The van der Waals surface area contributed by atoms with E-state index in [1.807, 2.05) is 0 Å². The van der Waals surface area contributed by atoms with Gasteiger partial charge in [0.2, 0.25) is 0 Å². The first kappa shape index (κ1) is 12.7. The van der Waals surface area contributed by atoms with Crippen molar-refractivity contribution in [3.63, 3.8) is 0 Å². The Morgan fingerprint density at radius 2 is 2.35 bits per heavy atom. The lowest BCUT2D eigenvalue weighted by atomic mass is 10.2. The van der Waals surface area contributed by atoms with Crippen LogP contribution in [0.2, 0.25) is 0 Å². The molecule has 1 rings (SSSR count). The maximum absolute atomic E-state index is 10.7. The van der Waals surface area contributed by atoms with Gasteiger partial charge in [-0.05, 0) is 11.6 Å². The van der Waals surface area contributed by atoms with Crippen molar-refractivity contribution in [1.29, 1.82) is 5.26 Å². The molecule has 88 valence electrons. The Hall–Kier alpha value is -2.39. The number of nitro groups is 1. The molecule has 0 amide bonds. The third kappa shape index (κ3) is 3.03. The molecular formula is C11H10N2O4. The van der Waals surface area contributed by atoms with Crippen molar-refractivity contribution in [3.05, 3.63) is 46.0 Å². The van der Waals surface area contributed by atoms with E-state index in [0.29, 0.717) is 5.57 Å². The second-order valence-corrected chi connectivity index (χ2v) is 3.22. The summed E-state index contributed by atoms with van der Waals surface area (Å²) >= 11 is 0. The summed E-state index contributed by atoms with van der Waals surface area (Å²) in [5, 5.41) is 28.3. The molecule has 0 aliphatic rings. The van der Waals surface area contributed by atoms with Crippen LogP contribution in [-0.2, 0) is 0 Å². The van der Waals surface area contributed by atoms with Crippen LogP contribution in [0.25, 0.3) is 0 Å². The van der Waals surface area contributed by atoms with Crippen molar-refractivity contribution < 1.29 is 14.8 Å². The maximum atomic E-state index is 10.7. The molecule has 0 spiro atoms. The SMILES string of the molecule is C=C(CO)COc1cccc([N+](=O)[O-])c1C#N. The van der Waals surface area contributed by atoms with E-state index >= 15 is 0 Å². The minimum absolute atomic E-state index is 0.00630. The van der Waals surface area contributed by atoms with Gasteiger partial charge in [-0.25, -0.2) is 0 Å². The van der Waals surface area contributed by atoms with Gasteiger partial charge < -0.3 is 9.84 Å². The van der Waals surface area contributed by atoms with Gasteiger partial charge in [-0.15, -0.1) is 0 Å². The quantitative estimate of drug-likeness (QED) is 0.471. The number of ether oxygens (including phenoxy) is 1. The molecule has 6 nitrogen and oxygen atoms in total. The van der Waals surface area contributed by atoms with Crippen LogP contribution in [0.5, 0.6) is 5.75 Å². The first-order valence-corrected chi connectivity index (χ1v) is 4.68. The van der Waals surface area contributed by atoms with Crippen LogP contribution < -0.4 is 4.74 Å². The van der Waals surface area contributed by atoms with Crippen LogP contribution in [-0.4, -0.2) is 23.2 Å². The molecule has 17 heavy (non-hydrogen) atoms.